The molecule has 0 spiro atoms. The number of carboxylic acid groups (broad SMARTS) is 1. The van der Waals surface area contributed by atoms with Gasteiger partial charge in [0, 0.05) is 15.1 Å². The molecule has 1 rings (SSSR count). The molecule has 0 heterocycles. The summed E-state index contributed by atoms with van der Waals surface area (Å²) in [7, 11) is 0. The quantitative estimate of drug-likeness (QED) is 0.684. The van der Waals surface area contributed by atoms with Crippen LogP contribution in [0.5, 0.6) is 0 Å². The van der Waals surface area contributed by atoms with Gasteiger partial charge in [-0.2, -0.15) is 0 Å². The fraction of sp³-hybridized carbons (Fsp3) is 0.222. The third-order valence-electron chi connectivity index (χ3n) is 1.49. The zero-order chi connectivity index (χ0) is 10.6. The molecule has 2 nitrogen and oxygen atoms in total. The molecule has 0 fully saturated rings. The molecule has 5 heteroatoms. The first kappa shape index (κ1) is 11.9. The van der Waals surface area contributed by atoms with Crippen LogP contribution >= 0.6 is 39.3 Å². The van der Waals surface area contributed by atoms with E-state index in [0.29, 0.717) is 5.75 Å². The molecular formula is C9H8BrClO2S. The van der Waals surface area contributed by atoms with E-state index in [9.17, 15) is 4.79 Å². The number of rotatable bonds is 4. The number of alkyl halides is 1. The zero-order valence-electron chi connectivity index (χ0n) is 7.11. The highest BCUT2D eigenvalue weighted by Gasteiger charge is 2.14. The number of carboxylic acids is 1. The van der Waals surface area contributed by atoms with Gasteiger partial charge in [0.25, 0.3) is 0 Å². The summed E-state index contributed by atoms with van der Waals surface area (Å²) in [6, 6.07) is 7.63. The van der Waals surface area contributed by atoms with Crippen molar-refractivity contribution in [3.63, 3.8) is 0 Å². The Balaban J connectivity index is 2.54. The van der Waals surface area contributed by atoms with Crippen molar-refractivity contribution in [3.05, 3.63) is 28.7 Å². The highest BCUT2D eigenvalue weighted by molar-refractivity contribution is 9.10. The Hall–Kier alpha value is -0.190. The lowest BCUT2D eigenvalue weighted by Crippen LogP contribution is -2.15. The van der Waals surface area contributed by atoms with Gasteiger partial charge in [0.05, 0.1) is 0 Å². The van der Waals surface area contributed by atoms with E-state index in [1.165, 1.54) is 11.8 Å². The molecule has 0 aromatic heterocycles. The number of thioether (sulfide) groups is 1. The molecule has 1 aromatic rings. The van der Waals surface area contributed by atoms with E-state index in [1.807, 2.05) is 24.3 Å². The molecule has 14 heavy (non-hydrogen) atoms. The van der Waals surface area contributed by atoms with Crippen molar-refractivity contribution in [3.8, 4) is 0 Å². The van der Waals surface area contributed by atoms with Crippen LogP contribution in [-0.2, 0) is 4.79 Å². The third kappa shape index (κ3) is 3.52. The molecule has 0 aliphatic carbocycles. The first-order chi connectivity index (χ1) is 6.61. The smallest absolute Gasteiger partial charge is 0.322 e. The lowest BCUT2D eigenvalue weighted by atomic mass is 10.4. The number of hydrogen-bond acceptors (Lipinski definition) is 2. The molecule has 1 unspecified atom stereocenters. The number of aliphatic carboxylic acids is 1. The highest BCUT2D eigenvalue weighted by Crippen LogP contribution is 2.28. The van der Waals surface area contributed by atoms with Gasteiger partial charge in [0.1, 0.15) is 5.38 Å². The summed E-state index contributed by atoms with van der Waals surface area (Å²) in [6.07, 6.45) is 0. The molecule has 0 aliphatic heterocycles. The Morgan fingerprint density at radius 1 is 1.57 bits per heavy atom. The Labute approximate surface area is 99.8 Å². The van der Waals surface area contributed by atoms with Crippen LogP contribution in [-0.4, -0.2) is 22.2 Å². The van der Waals surface area contributed by atoms with E-state index in [1.54, 1.807) is 0 Å². The monoisotopic (exact) mass is 294 g/mol. The molecule has 0 amide bonds. The van der Waals surface area contributed by atoms with Crippen LogP contribution < -0.4 is 0 Å². The van der Waals surface area contributed by atoms with Crippen molar-refractivity contribution < 1.29 is 9.90 Å². The molecule has 0 saturated heterocycles. The number of halogens is 2. The molecule has 1 atom stereocenters. The van der Waals surface area contributed by atoms with Crippen LogP contribution in [0.1, 0.15) is 0 Å². The van der Waals surface area contributed by atoms with Crippen molar-refractivity contribution in [2.24, 2.45) is 0 Å². The van der Waals surface area contributed by atoms with Gasteiger partial charge in [-0.25, -0.2) is 0 Å². The minimum absolute atomic E-state index is 0.361. The SMILES string of the molecule is O=C(O)C(Cl)CSc1ccccc1Br. The fourth-order valence-corrected chi connectivity index (χ4v) is 2.46. The Morgan fingerprint density at radius 2 is 2.21 bits per heavy atom. The Kier molecular flexibility index (Phi) is 4.78. The van der Waals surface area contributed by atoms with Crippen LogP contribution in [0.3, 0.4) is 0 Å². The fourth-order valence-electron chi connectivity index (χ4n) is 0.796. The molecule has 76 valence electrons. The minimum atomic E-state index is -0.980. The van der Waals surface area contributed by atoms with Gasteiger partial charge in [-0.1, -0.05) is 12.1 Å². The molecule has 0 saturated carbocycles. The summed E-state index contributed by atoms with van der Waals surface area (Å²) in [6.45, 7) is 0. The maximum Gasteiger partial charge on any atom is 0.322 e. The number of hydrogen-bond donors (Lipinski definition) is 1. The van der Waals surface area contributed by atoms with E-state index in [0.717, 1.165) is 9.37 Å². The van der Waals surface area contributed by atoms with Gasteiger partial charge in [-0.15, -0.1) is 23.4 Å². The van der Waals surface area contributed by atoms with Crippen molar-refractivity contribution >= 4 is 45.3 Å². The summed E-state index contributed by atoms with van der Waals surface area (Å²) >= 11 is 10.4. The van der Waals surface area contributed by atoms with E-state index >= 15 is 0 Å². The van der Waals surface area contributed by atoms with Gasteiger partial charge in [0.15, 0.2) is 0 Å². The van der Waals surface area contributed by atoms with Gasteiger partial charge < -0.3 is 5.11 Å². The molecule has 0 aliphatic rings. The Bertz CT molecular complexity index is 332. The van der Waals surface area contributed by atoms with Crippen LogP contribution in [0, 0.1) is 0 Å². The zero-order valence-corrected chi connectivity index (χ0v) is 10.3. The maximum atomic E-state index is 10.4. The maximum absolute atomic E-state index is 10.4. The Morgan fingerprint density at radius 3 is 2.79 bits per heavy atom. The molecule has 0 radical (unpaired) electrons. The molecule has 1 N–H and O–H groups in total. The predicted molar refractivity (Wildman–Crippen MR) is 62.1 cm³/mol. The number of carbonyl (C=O) groups is 1. The third-order valence-corrected chi connectivity index (χ3v) is 4.13. The average molecular weight is 296 g/mol. The summed E-state index contributed by atoms with van der Waals surface area (Å²) < 4.78 is 0.958. The van der Waals surface area contributed by atoms with Crippen LogP contribution in [0.15, 0.2) is 33.6 Å². The van der Waals surface area contributed by atoms with E-state index in [4.69, 9.17) is 16.7 Å². The first-order valence-electron chi connectivity index (χ1n) is 3.85. The first-order valence-corrected chi connectivity index (χ1v) is 6.07. The van der Waals surface area contributed by atoms with Gasteiger partial charge in [-0.05, 0) is 28.1 Å². The lowest BCUT2D eigenvalue weighted by Gasteiger charge is -2.05. The van der Waals surface area contributed by atoms with Gasteiger partial charge in [0.2, 0.25) is 0 Å². The van der Waals surface area contributed by atoms with E-state index in [-0.39, 0.29) is 0 Å². The molecule has 0 bridgehead atoms. The summed E-state index contributed by atoms with van der Waals surface area (Å²) in [4.78, 5) is 11.4. The van der Waals surface area contributed by atoms with Crippen molar-refractivity contribution in [1.82, 2.24) is 0 Å². The molecular weight excluding hydrogens is 288 g/mol. The van der Waals surface area contributed by atoms with Crippen LogP contribution in [0.2, 0.25) is 0 Å². The summed E-state index contributed by atoms with van der Waals surface area (Å²) in [5.41, 5.74) is 0. The topological polar surface area (TPSA) is 37.3 Å². The standard InChI is InChI=1S/C9H8BrClO2S/c10-6-3-1-2-4-8(6)14-5-7(11)9(12)13/h1-4,7H,5H2,(H,12,13). The summed E-state index contributed by atoms with van der Waals surface area (Å²) in [5.74, 6) is -0.620. The normalized spacial score (nSPS) is 12.4. The average Bonchev–Trinajstić information content (AvgIpc) is 2.16. The highest BCUT2D eigenvalue weighted by atomic mass is 79.9. The van der Waals surface area contributed by atoms with E-state index in [2.05, 4.69) is 15.9 Å². The second-order valence-corrected chi connectivity index (χ2v) is 4.99. The van der Waals surface area contributed by atoms with Crippen molar-refractivity contribution in [2.45, 2.75) is 10.3 Å². The lowest BCUT2D eigenvalue weighted by molar-refractivity contribution is -0.136. The second kappa shape index (κ2) is 5.63. The van der Waals surface area contributed by atoms with Crippen LogP contribution in [0.25, 0.3) is 0 Å². The van der Waals surface area contributed by atoms with Gasteiger partial charge >= 0.3 is 5.97 Å². The predicted octanol–water partition coefficient (Wildman–Crippen LogP) is 3.23. The second-order valence-electron chi connectivity index (χ2n) is 2.55. The number of benzene rings is 1. The van der Waals surface area contributed by atoms with Crippen molar-refractivity contribution in [2.75, 3.05) is 5.75 Å². The molecule has 1 aromatic carbocycles. The summed E-state index contributed by atoms with van der Waals surface area (Å²) in [5, 5.41) is 7.73. The largest absolute Gasteiger partial charge is 0.480 e. The van der Waals surface area contributed by atoms with Crippen molar-refractivity contribution in [1.29, 1.82) is 0 Å². The van der Waals surface area contributed by atoms with Gasteiger partial charge in [-0.3, -0.25) is 4.79 Å². The minimum Gasteiger partial charge on any atom is -0.480 e. The van der Waals surface area contributed by atoms with E-state index < -0.39 is 11.3 Å². The van der Waals surface area contributed by atoms with Crippen LogP contribution in [0.4, 0.5) is 0 Å².